The molecule has 0 bridgehead atoms. The summed E-state index contributed by atoms with van der Waals surface area (Å²) in [7, 11) is 0. The summed E-state index contributed by atoms with van der Waals surface area (Å²) < 4.78 is 21.0. The highest BCUT2D eigenvalue weighted by Gasteiger charge is 2.28. The molecular weight excluding hydrogens is 425 g/mol. The average Bonchev–Trinajstić information content (AvgIpc) is 3.44. The molecule has 1 amide bonds. The molecule has 0 aliphatic carbocycles. The second kappa shape index (κ2) is 7.48. The predicted molar refractivity (Wildman–Crippen MR) is 120 cm³/mol. The molecule has 8 nitrogen and oxygen atoms in total. The number of aromatic amines is 1. The van der Waals surface area contributed by atoms with Gasteiger partial charge in [-0.15, -0.1) is 10.2 Å². The molecule has 0 saturated carbocycles. The Morgan fingerprint density at radius 2 is 2.12 bits per heavy atom. The molecule has 4 heterocycles. The summed E-state index contributed by atoms with van der Waals surface area (Å²) in [5, 5.41) is 8.45. The Hall–Kier alpha value is -3.59. The second-order valence-electron chi connectivity index (χ2n) is 8.75. The van der Waals surface area contributed by atoms with Crippen molar-refractivity contribution < 1.29 is 13.9 Å². The van der Waals surface area contributed by atoms with E-state index < -0.39 is 0 Å². The molecule has 2 aliphatic heterocycles. The largest absolute Gasteiger partial charge is 0.381 e. The monoisotopic (exact) mass is 447 g/mol. The van der Waals surface area contributed by atoms with E-state index in [9.17, 15) is 14.0 Å². The molecule has 6 rings (SSSR count). The molecule has 1 unspecified atom stereocenters. The van der Waals surface area contributed by atoms with Crippen molar-refractivity contribution in [3.63, 3.8) is 0 Å². The Bertz CT molecular complexity index is 1490. The van der Waals surface area contributed by atoms with Gasteiger partial charge in [0.2, 0.25) is 5.65 Å². The van der Waals surface area contributed by atoms with Gasteiger partial charge in [0.05, 0.1) is 17.6 Å². The van der Waals surface area contributed by atoms with E-state index in [4.69, 9.17) is 4.74 Å². The third-order valence-electron chi connectivity index (χ3n) is 6.66. The van der Waals surface area contributed by atoms with E-state index in [2.05, 4.69) is 15.2 Å². The van der Waals surface area contributed by atoms with Gasteiger partial charge in [-0.05, 0) is 67.6 Å². The van der Waals surface area contributed by atoms with E-state index in [0.717, 1.165) is 41.8 Å². The number of amides is 1. The zero-order valence-corrected chi connectivity index (χ0v) is 18.1. The van der Waals surface area contributed by atoms with Gasteiger partial charge < -0.3 is 14.6 Å². The van der Waals surface area contributed by atoms with Crippen molar-refractivity contribution in [1.29, 1.82) is 0 Å². The average molecular weight is 447 g/mol. The highest BCUT2D eigenvalue weighted by molar-refractivity contribution is 6.09. The number of H-pyrrole nitrogens is 1. The fourth-order valence-corrected chi connectivity index (χ4v) is 5.00. The van der Waals surface area contributed by atoms with Crippen LogP contribution in [0.3, 0.4) is 0 Å². The number of carbonyl (C=O) groups excluding carboxylic acids is 1. The minimum absolute atomic E-state index is 0.0573. The lowest BCUT2D eigenvalue weighted by Gasteiger charge is -2.21. The third-order valence-corrected chi connectivity index (χ3v) is 6.66. The molecule has 9 heteroatoms. The van der Waals surface area contributed by atoms with Crippen LogP contribution in [0.5, 0.6) is 0 Å². The van der Waals surface area contributed by atoms with Crippen molar-refractivity contribution in [3.05, 3.63) is 69.0 Å². The van der Waals surface area contributed by atoms with Crippen LogP contribution in [0.4, 0.5) is 10.1 Å². The maximum absolute atomic E-state index is 13.6. The fraction of sp³-hybridized carbons (Fsp3) is 0.333. The number of nitrogens with one attached hydrogen (secondary N) is 1. The van der Waals surface area contributed by atoms with Gasteiger partial charge in [0.15, 0.2) is 0 Å². The number of hydrogen-bond donors (Lipinski definition) is 1. The molecule has 2 aromatic carbocycles. The van der Waals surface area contributed by atoms with Crippen molar-refractivity contribution in [1.82, 2.24) is 19.6 Å². The van der Waals surface area contributed by atoms with Crippen molar-refractivity contribution >= 4 is 28.3 Å². The lowest BCUT2D eigenvalue weighted by molar-refractivity contribution is 0.0778. The quantitative estimate of drug-likeness (QED) is 0.510. The standard InChI is InChI=1S/C24H22FN5O3/c1-13-9-20-18(11-17(13)24(32)29-7-6-14-10-16(25)4-5-19(14)29)26-23(31)22-28-27-21(30(20)22)15-3-2-8-33-12-15/h4-5,9-11,15H,2-3,6-8,12H2,1H3,(H,26,31). The van der Waals surface area contributed by atoms with Gasteiger partial charge in [0.1, 0.15) is 11.6 Å². The Kier molecular flexibility index (Phi) is 4.55. The highest BCUT2D eigenvalue weighted by atomic mass is 19.1. The van der Waals surface area contributed by atoms with E-state index in [1.54, 1.807) is 21.4 Å². The third kappa shape index (κ3) is 3.14. The van der Waals surface area contributed by atoms with E-state index in [-0.39, 0.29) is 28.8 Å². The molecule has 2 aromatic heterocycles. The molecule has 0 radical (unpaired) electrons. The van der Waals surface area contributed by atoms with Gasteiger partial charge in [0, 0.05) is 30.3 Å². The summed E-state index contributed by atoms with van der Waals surface area (Å²) in [5.41, 5.74) is 3.97. The SMILES string of the molecule is Cc1cc2c(cc1C(=O)N1CCc3cc(F)ccc31)[nH]c(=O)c1nnc(C3CCCOC3)n12. The van der Waals surface area contributed by atoms with Crippen LogP contribution in [0.15, 0.2) is 35.1 Å². The first-order valence-electron chi connectivity index (χ1n) is 11.1. The second-order valence-corrected chi connectivity index (χ2v) is 8.75. The number of fused-ring (bicyclic) bond motifs is 4. The van der Waals surface area contributed by atoms with Crippen LogP contribution in [0.1, 0.15) is 46.1 Å². The molecule has 1 atom stereocenters. The number of halogens is 1. The van der Waals surface area contributed by atoms with Crippen LogP contribution >= 0.6 is 0 Å². The van der Waals surface area contributed by atoms with Gasteiger partial charge >= 0.3 is 0 Å². The van der Waals surface area contributed by atoms with Crippen molar-refractivity contribution in [2.75, 3.05) is 24.7 Å². The molecule has 168 valence electrons. The summed E-state index contributed by atoms with van der Waals surface area (Å²) in [6.45, 7) is 3.63. The van der Waals surface area contributed by atoms with E-state index in [0.29, 0.717) is 36.5 Å². The lowest BCUT2D eigenvalue weighted by Crippen LogP contribution is -2.29. The topological polar surface area (TPSA) is 92.6 Å². The molecule has 0 spiro atoms. The Morgan fingerprint density at radius 3 is 2.94 bits per heavy atom. The molecule has 4 aromatic rings. The van der Waals surface area contributed by atoms with Crippen LogP contribution in [0, 0.1) is 12.7 Å². The molecule has 1 saturated heterocycles. The summed E-state index contributed by atoms with van der Waals surface area (Å²) in [4.78, 5) is 30.8. The van der Waals surface area contributed by atoms with Gasteiger partial charge in [0.25, 0.3) is 11.5 Å². The fourth-order valence-electron chi connectivity index (χ4n) is 5.00. The predicted octanol–water partition coefficient (Wildman–Crippen LogP) is 3.12. The maximum atomic E-state index is 13.6. The summed E-state index contributed by atoms with van der Waals surface area (Å²) in [6, 6.07) is 8.11. The summed E-state index contributed by atoms with van der Waals surface area (Å²) in [5.74, 6) is 0.279. The first kappa shape index (κ1) is 20.0. The Morgan fingerprint density at radius 1 is 1.24 bits per heavy atom. The molecule has 2 aliphatic rings. The Balaban J connectivity index is 1.48. The number of benzene rings is 2. The number of aromatic nitrogens is 4. The minimum atomic E-state index is -0.359. The first-order valence-corrected chi connectivity index (χ1v) is 11.1. The maximum Gasteiger partial charge on any atom is 0.294 e. The van der Waals surface area contributed by atoms with Crippen molar-refractivity contribution in [2.45, 2.75) is 32.1 Å². The van der Waals surface area contributed by atoms with Crippen LogP contribution in [0.2, 0.25) is 0 Å². The zero-order chi connectivity index (χ0) is 22.7. The van der Waals surface area contributed by atoms with Crippen molar-refractivity contribution in [2.24, 2.45) is 0 Å². The van der Waals surface area contributed by atoms with Crippen LogP contribution < -0.4 is 10.5 Å². The lowest BCUT2D eigenvalue weighted by atomic mass is 10.0. The van der Waals surface area contributed by atoms with E-state index in [1.165, 1.54) is 12.1 Å². The number of hydrogen-bond acceptors (Lipinski definition) is 5. The highest BCUT2D eigenvalue weighted by Crippen LogP contribution is 2.32. The van der Waals surface area contributed by atoms with E-state index >= 15 is 0 Å². The smallest absolute Gasteiger partial charge is 0.294 e. The molecule has 1 fully saturated rings. The first-order chi connectivity index (χ1) is 16.0. The molecule has 33 heavy (non-hydrogen) atoms. The number of aryl methyl sites for hydroxylation is 1. The van der Waals surface area contributed by atoms with E-state index in [1.807, 2.05) is 13.0 Å². The normalized spacial score (nSPS) is 18.2. The van der Waals surface area contributed by atoms with Crippen LogP contribution in [-0.4, -0.2) is 45.2 Å². The molecule has 1 N–H and O–H groups in total. The number of ether oxygens (including phenoxy) is 1. The number of carbonyl (C=O) groups is 1. The van der Waals surface area contributed by atoms with Crippen molar-refractivity contribution in [3.8, 4) is 0 Å². The zero-order valence-electron chi connectivity index (χ0n) is 18.1. The van der Waals surface area contributed by atoms with Gasteiger partial charge in [-0.3, -0.25) is 14.0 Å². The van der Waals surface area contributed by atoms with Gasteiger partial charge in [-0.25, -0.2) is 4.39 Å². The van der Waals surface area contributed by atoms with Gasteiger partial charge in [-0.1, -0.05) is 0 Å². The van der Waals surface area contributed by atoms with Gasteiger partial charge in [-0.2, -0.15) is 0 Å². The molecular formula is C24H22FN5O3. The number of rotatable bonds is 2. The minimum Gasteiger partial charge on any atom is -0.381 e. The van der Waals surface area contributed by atoms with Crippen LogP contribution in [-0.2, 0) is 11.2 Å². The number of anilines is 1. The Labute approximate surface area is 188 Å². The number of nitrogens with zero attached hydrogens (tertiary/aromatic N) is 4. The summed E-state index contributed by atoms with van der Waals surface area (Å²) in [6.07, 6.45) is 2.45. The summed E-state index contributed by atoms with van der Waals surface area (Å²) >= 11 is 0. The van der Waals surface area contributed by atoms with Crippen LogP contribution in [0.25, 0.3) is 16.7 Å².